The number of rotatable bonds is 6. The van der Waals surface area contributed by atoms with Crippen LogP contribution in [0.3, 0.4) is 0 Å². The molecule has 1 aliphatic rings. The van der Waals surface area contributed by atoms with Crippen molar-refractivity contribution in [3.63, 3.8) is 0 Å². The van der Waals surface area contributed by atoms with Gasteiger partial charge in [0.05, 0.1) is 0 Å². The zero-order valence-corrected chi connectivity index (χ0v) is 13.7. The Kier molecular flexibility index (Phi) is 4.47. The van der Waals surface area contributed by atoms with Crippen LogP contribution in [0.25, 0.3) is 0 Å². The van der Waals surface area contributed by atoms with Crippen LogP contribution in [-0.2, 0) is 6.42 Å². The van der Waals surface area contributed by atoms with Crippen LogP contribution in [0, 0.1) is 6.92 Å². The Morgan fingerprint density at radius 1 is 1.45 bits per heavy atom. The van der Waals surface area contributed by atoms with Crippen LogP contribution in [0.15, 0.2) is 29.4 Å². The number of benzene rings is 1. The van der Waals surface area contributed by atoms with Crippen molar-refractivity contribution in [3.05, 3.63) is 41.5 Å². The predicted molar refractivity (Wildman–Crippen MR) is 87.3 cm³/mol. The molecule has 0 radical (unpaired) electrons. The Labute approximate surface area is 134 Å². The molecule has 0 atom stereocenters. The van der Waals surface area contributed by atoms with Gasteiger partial charge in [0, 0.05) is 29.5 Å². The van der Waals surface area contributed by atoms with Crippen LogP contribution >= 0.6 is 11.8 Å². The SMILES string of the molecule is CSc1ccc(C)c(C(=O)NCCc2nncn2C2CC2)c1. The number of nitrogens with one attached hydrogen (secondary N) is 1. The topological polar surface area (TPSA) is 59.8 Å². The molecule has 1 N–H and O–H groups in total. The normalized spacial score (nSPS) is 14.1. The van der Waals surface area contributed by atoms with E-state index in [1.807, 2.05) is 31.4 Å². The number of hydrogen-bond donors (Lipinski definition) is 1. The first-order chi connectivity index (χ1) is 10.7. The largest absolute Gasteiger partial charge is 0.352 e. The fourth-order valence-corrected chi connectivity index (χ4v) is 2.90. The monoisotopic (exact) mass is 316 g/mol. The van der Waals surface area contributed by atoms with Gasteiger partial charge in [0.25, 0.3) is 5.91 Å². The van der Waals surface area contributed by atoms with Gasteiger partial charge in [0.1, 0.15) is 12.2 Å². The molecule has 1 aliphatic carbocycles. The second kappa shape index (κ2) is 6.52. The highest BCUT2D eigenvalue weighted by atomic mass is 32.2. The van der Waals surface area contributed by atoms with E-state index >= 15 is 0 Å². The smallest absolute Gasteiger partial charge is 0.251 e. The van der Waals surface area contributed by atoms with Crippen molar-refractivity contribution in [1.82, 2.24) is 20.1 Å². The standard InChI is InChI=1S/C16H20N4OS/c1-11-3-6-13(22-2)9-14(11)16(21)17-8-7-15-19-18-10-20(15)12-4-5-12/h3,6,9-10,12H,4-5,7-8H2,1-2H3,(H,17,21). The lowest BCUT2D eigenvalue weighted by molar-refractivity contribution is 0.0953. The zero-order valence-electron chi connectivity index (χ0n) is 12.9. The maximum absolute atomic E-state index is 12.3. The minimum atomic E-state index is -0.0223. The molecule has 1 aromatic heterocycles. The summed E-state index contributed by atoms with van der Waals surface area (Å²) in [7, 11) is 0. The number of carbonyl (C=O) groups excluding carboxylic acids is 1. The van der Waals surface area contributed by atoms with Crippen molar-refractivity contribution < 1.29 is 4.79 Å². The number of thioether (sulfide) groups is 1. The molecule has 0 bridgehead atoms. The molecule has 3 rings (SSSR count). The van der Waals surface area contributed by atoms with E-state index in [1.54, 1.807) is 18.1 Å². The maximum atomic E-state index is 12.3. The zero-order chi connectivity index (χ0) is 15.5. The van der Waals surface area contributed by atoms with Gasteiger partial charge >= 0.3 is 0 Å². The third-order valence-corrected chi connectivity index (χ3v) is 4.64. The molecule has 0 saturated heterocycles. The molecule has 2 aromatic rings. The van der Waals surface area contributed by atoms with E-state index < -0.39 is 0 Å². The van der Waals surface area contributed by atoms with Gasteiger partial charge in [0.2, 0.25) is 0 Å². The first kappa shape index (κ1) is 15.1. The molecular formula is C16H20N4OS. The summed E-state index contributed by atoms with van der Waals surface area (Å²) in [6, 6.07) is 6.54. The number of aromatic nitrogens is 3. The van der Waals surface area contributed by atoms with Crippen LogP contribution in [0.5, 0.6) is 0 Å². The molecule has 0 unspecified atom stereocenters. The summed E-state index contributed by atoms with van der Waals surface area (Å²) in [6.07, 6.45) is 6.93. The third kappa shape index (κ3) is 3.32. The van der Waals surface area contributed by atoms with Crippen LogP contribution in [0.2, 0.25) is 0 Å². The van der Waals surface area contributed by atoms with Gasteiger partial charge in [0.15, 0.2) is 0 Å². The lowest BCUT2D eigenvalue weighted by Gasteiger charge is -2.09. The van der Waals surface area contributed by atoms with E-state index in [0.29, 0.717) is 19.0 Å². The number of nitrogens with zero attached hydrogens (tertiary/aromatic N) is 3. The van der Waals surface area contributed by atoms with Crippen LogP contribution in [0.4, 0.5) is 0 Å². The fourth-order valence-electron chi connectivity index (χ4n) is 2.46. The molecule has 6 heteroatoms. The fraction of sp³-hybridized carbons (Fsp3) is 0.438. The van der Waals surface area contributed by atoms with Crippen molar-refractivity contribution in [3.8, 4) is 0 Å². The predicted octanol–water partition coefficient (Wildman–Crippen LogP) is 2.62. The second-order valence-corrected chi connectivity index (χ2v) is 6.45. The first-order valence-corrected chi connectivity index (χ1v) is 8.72. The van der Waals surface area contributed by atoms with E-state index in [0.717, 1.165) is 21.8 Å². The van der Waals surface area contributed by atoms with Gasteiger partial charge in [-0.05, 0) is 43.7 Å². The van der Waals surface area contributed by atoms with Crippen molar-refractivity contribution >= 4 is 17.7 Å². The average Bonchev–Trinajstić information content (AvgIpc) is 3.27. The molecule has 1 amide bonds. The quantitative estimate of drug-likeness (QED) is 0.832. The highest BCUT2D eigenvalue weighted by molar-refractivity contribution is 7.98. The highest BCUT2D eigenvalue weighted by Crippen LogP contribution is 2.35. The van der Waals surface area contributed by atoms with E-state index in [-0.39, 0.29) is 5.91 Å². The number of hydrogen-bond acceptors (Lipinski definition) is 4. The van der Waals surface area contributed by atoms with Crippen molar-refractivity contribution in [2.75, 3.05) is 12.8 Å². The molecule has 0 spiro atoms. The molecule has 1 aromatic carbocycles. The van der Waals surface area contributed by atoms with Gasteiger partial charge in [-0.15, -0.1) is 22.0 Å². The van der Waals surface area contributed by atoms with E-state index in [4.69, 9.17) is 0 Å². The van der Waals surface area contributed by atoms with E-state index in [2.05, 4.69) is 20.1 Å². The van der Waals surface area contributed by atoms with Gasteiger partial charge in [-0.1, -0.05) is 6.07 Å². The second-order valence-electron chi connectivity index (χ2n) is 5.57. The molecule has 1 fully saturated rings. The molecule has 1 saturated carbocycles. The summed E-state index contributed by atoms with van der Waals surface area (Å²) < 4.78 is 2.13. The van der Waals surface area contributed by atoms with Gasteiger partial charge in [-0.25, -0.2) is 0 Å². The van der Waals surface area contributed by atoms with Crippen LogP contribution < -0.4 is 5.32 Å². The first-order valence-electron chi connectivity index (χ1n) is 7.50. The lowest BCUT2D eigenvalue weighted by Crippen LogP contribution is -2.27. The Bertz CT molecular complexity index is 679. The molecular weight excluding hydrogens is 296 g/mol. The minimum Gasteiger partial charge on any atom is -0.352 e. The summed E-state index contributed by atoms with van der Waals surface area (Å²) in [5, 5.41) is 11.1. The Morgan fingerprint density at radius 2 is 2.27 bits per heavy atom. The summed E-state index contributed by atoms with van der Waals surface area (Å²) >= 11 is 1.64. The van der Waals surface area contributed by atoms with Gasteiger partial charge < -0.3 is 9.88 Å². The Hall–Kier alpha value is -1.82. The number of aryl methyl sites for hydroxylation is 1. The molecule has 116 valence electrons. The molecule has 5 nitrogen and oxygen atoms in total. The summed E-state index contributed by atoms with van der Waals surface area (Å²) in [4.78, 5) is 13.4. The van der Waals surface area contributed by atoms with Crippen LogP contribution in [-0.4, -0.2) is 33.5 Å². The lowest BCUT2D eigenvalue weighted by atomic mass is 10.1. The molecule has 22 heavy (non-hydrogen) atoms. The highest BCUT2D eigenvalue weighted by Gasteiger charge is 2.25. The number of carbonyl (C=O) groups is 1. The third-order valence-electron chi connectivity index (χ3n) is 3.91. The summed E-state index contributed by atoms with van der Waals surface area (Å²) in [6.45, 7) is 2.54. The van der Waals surface area contributed by atoms with Gasteiger partial charge in [-0.2, -0.15) is 0 Å². The average molecular weight is 316 g/mol. The van der Waals surface area contributed by atoms with E-state index in [9.17, 15) is 4.79 Å². The van der Waals surface area contributed by atoms with E-state index in [1.165, 1.54) is 12.8 Å². The number of amides is 1. The Morgan fingerprint density at radius 3 is 3.00 bits per heavy atom. The molecule has 1 heterocycles. The Balaban J connectivity index is 1.59. The van der Waals surface area contributed by atoms with Crippen molar-refractivity contribution in [2.24, 2.45) is 0 Å². The van der Waals surface area contributed by atoms with Crippen LogP contribution in [0.1, 0.15) is 40.6 Å². The van der Waals surface area contributed by atoms with Gasteiger partial charge in [-0.3, -0.25) is 4.79 Å². The summed E-state index contributed by atoms with van der Waals surface area (Å²) in [5.74, 6) is 0.934. The maximum Gasteiger partial charge on any atom is 0.251 e. The minimum absolute atomic E-state index is 0.0223. The summed E-state index contributed by atoms with van der Waals surface area (Å²) in [5.41, 5.74) is 1.74. The molecule has 0 aliphatic heterocycles. The van der Waals surface area contributed by atoms with Crippen molar-refractivity contribution in [1.29, 1.82) is 0 Å². The van der Waals surface area contributed by atoms with Crippen molar-refractivity contribution in [2.45, 2.75) is 37.1 Å².